The summed E-state index contributed by atoms with van der Waals surface area (Å²) in [4.78, 5) is 11.5. The summed E-state index contributed by atoms with van der Waals surface area (Å²) in [7, 11) is 0. The molecule has 0 aliphatic heterocycles. The van der Waals surface area contributed by atoms with Crippen LogP contribution in [0.15, 0.2) is 39.9 Å². The van der Waals surface area contributed by atoms with Gasteiger partial charge in [0.25, 0.3) is 0 Å². The zero-order chi connectivity index (χ0) is 14.5. The molecule has 0 spiro atoms. The first-order valence-corrected chi connectivity index (χ1v) is 7.02. The van der Waals surface area contributed by atoms with Crippen LogP contribution in [-0.4, -0.2) is 16.3 Å². The lowest BCUT2D eigenvalue weighted by molar-refractivity contribution is -0.386. The molecule has 0 aliphatic rings. The Balaban J connectivity index is 2.12. The third kappa shape index (κ3) is 3.18. The number of aryl methyl sites for hydroxylation is 1. The van der Waals surface area contributed by atoms with Crippen LogP contribution >= 0.6 is 11.8 Å². The molecule has 1 aromatic carbocycles. The maximum atomic E-state index is 10.9. The Bertz CT molecular complexity index is 652. The van der Waals surface area contributed by atoms with Crippen LogP contribution in [0.2, 0.25) is 0 Å². The van der Waals surface area contributed by atoms with Crippen molar-refractivity contribution in [1.29, 1.82) is 0 Å². The van der Waals surface area contributed by atoms with Crippen LogP contribution < -0.4 is 5.32 Å². The van der Waals surface area contributed by atoms with Crippen molar-refractivity contribution in [2.45, 2.75) is 11.8 Å². The number of hydrogen-bond donors (Lipinski definition) is 1. The van der Waals surface area contributed by atoms with Crippen LogP contribution in [0, 0.1) is 17.0 Å². The fraction of sp³-hybridized carbons (Fsp3) is 0.154. The quantitative estimate of drug-likeness (QED) is 0.514. The van der Waals surface area contributed by atoms with Crippen molar-refractivity contribution in [2.24, 2.45) is 0 Å². The number of benzene rings is 1. The highest BCUT2D eigenvalue weighted by atomic mass is 32.2. The van der Waals surface area contributed by atoms with Gasteiger partial charge in [-0.2, -0.15) is 0 Å². The Morgan fingerprint density at radius 3 is 3.00 bits per heavy atom. The number of thioether (sulfide) groups is 1. The zero-order valence-corrected chi connectivity index (χ0v) is 11.8. The summed E-state index contributed by atoms with van der Waals surface area (Å²) in [5, 5.41) is 17.5. The molecule has 20 heavy (non-hydrogen) atoms. The maximum Gasteiger partial charge on any atom is 0.338 e. The predicted octanol–water partition coefficient (Wildman–Crippen LogP) is 3.70. The van der Waals surface area contributed by atoms with E-state index in [-0.39, 0.29) is 17.1 Å². The molecule has 0 fully saturated rings. The highest BCUT2D eigenvalue weighted by Gasteiger charge is 2.21. The van der Waals surface area contributed by atoms with E-state index in [2.05, 4.69) is 10.5 Å². The van der Waals surface area contributed by atoms with Crippen molar-refractivity contribution in [2.75, 3.05) is 11.6 Å². The molecule has 1 N–H and O–H groups in total. The molecule has 2 aromatic rings. The van der Waals surface area contributed by atoms with E-state index < -0.39 is 4.92 Å². The maximum absolute atomic E-state index is 10.9. The number of hydrogen-bond acceptors (Lipinski definition) is 6. The fourth-order valence-corrected chi connectivity index (χ4v) is 2.10. The Morgan fingerprint density at radius 2 is 2.30 bits per heavy atom. The molecule has 0 amide bonds. The molecular formula is C13H13N3O3S. The molecule has 7 heteroatoms. The summed E-state index contributed by atoms with van der Waals surface area (Å²) in [6, 6.07) is 7.83. The van der Waals surface area contributed by atoms with Gasteiger partial charge in [-0.25, -0.2) is 0 Å². The van der Waals surface area contributed by atoms with E-state index in [1.807, 2.05) is 30.5 Å². The van der Waals surface area contributed by atoms with E-state index >= 15 is 0 Å². The Labute approximate surface area is 120 Å². The van der Waals surface area contributed by atoms with Crippen molar-refractivity contribution in [1.82, 2.24) is 5.16 Å². The molecule has 0 bridgehead atoms. The van der Waals surface area contributed by atoms with Gasteiger partial charge in [-0.05, 0) is 31.4 Å². The van der Waals surface area contributed by atoms with Crippen molar-refractivity contribution < 1.29 is 9.45 Å². The molecule has 0 unspecified atom stereocenters. The van der Waals surface area contributed by atoms with Gasteiger partial charge in [0, 0.05) is 22.9 Å². The van der Waals surface area contributed by atoms with Gasteiger partial charge in [-0.3, -0.25) is 10.1 Å². The van der Waals surface area contributed by atoms with E-state index in [1.165, 1.54) is 13.0 Å². The minimum Gasteiger partial charge on any atom is -0.362 e. The van der Waals surface area contributed by atoms with Crippen LogP contribution in [-0.2, 0) is 0 Å². The highest BCUT2D eigenvalue weighted by molar-refractivity contribution is 7.98. The normalized spacial score (nSPS) is 10.9. The second-order valence-electron chi connectivity index (χ2n) is 3.95. The van der Waals surface area contributed by atoms with Crippen LogP contribution in [0.3, 0.4) is 0 Å². The van der Waals surface area contributed by atoms with Gasteiger partial charge in [0.05, 0.1) is 4.92 Å². The van der Waals surface area contributed by atoms with Crippen molar-refractivity contribution in [3.05, 3.63) is 52.0 Å². The number of rotatable bonds is 5. The number of nitro groups is 1. The van der Waals surface area contributed by atoms with Gasteiger partial charge in [-0.1, -0.05) is 11.2 Å². The first kappa shape index (κ1) is 14.1. The Hall–Kier alpha value is -2.28. The first-order chi connectivity index (χ1) is 9.61. The minimum absolute atomic E-state index is 0.110. The molecule has 0 radical (unpaired) electrons. The first-order valence-electron chi connectivity index (χ1n) is 5.79. The SMILES string of the molecule is CSc1cccc(NC=Cc2onc(C)c2[N+](=O)[O-])c1. The third-order valence-electron chi connectivity index (χ3n) is 2.59. The summed E-state index contributed by atoms with van der Waals surface area (Å²) < 4.78 is 4.92. The molecule has 0 atom stereocenters. The second-order valence-corrected chi connectivity index (χ2v) is 4.83. The lowest BCUT2D eigenvalue weighted by Crippen LogP contribution is -1.91. The van der Waals surface area contributed by atoms with Gasteiger partial charge >= 0.3 is 5.69 Å². The zero-order valence-electron chi connectivity index (χ0n) is 11.0. The second kappa shape index (κ2) is 6.25. The number of nitrogens with zero attached hydrogens (tertiary/aromatic N) is 2. The summed E-state index contributed by atoms with van der Waals surface area (Å²) in [6.07, 6.45) is 5.08. The molecule has 6 nitrogen and oxygen atoms in total. The third-order valence-corrected chi connectivity index (χ3v) is 3.32. The molecule has 0 saturated heterocycles. The summed E-state index contributed by atoms with van der Waals surface area (Å²) >= 11 is 1.64. The minimum atomic E-state index is -0.500. The van der Waals surface area contributed by atoms with Gasteiger partial charge in [-0.15, -0.1) is 11.8 Å². The Kier molecular flexibility index (Phi) is 4.41. The van der Waals surface area contributed by atoms with E-state index in [0.29, 0.717) is 0 Å². The van der Waals surface area contributed by atoms with Crippen molar-refractivity contribution in [3.8, 4) is 0 Å². The van der Waals surface area contributed by atoms with Crippen molar-refractivity contribution >= 4 is 29.2 Å². The van der Waals surface area contributed by atoms with Crippen LogP contribution in [0.25, 0.3) is 6.08 Å². The number of nitrogens with one attached hydrogen (secondary N) is 1. The van der Waals surface area contributed by atoms with Crippen LogP contribution in [0.4, 0.5) is 11.4 Å². The van der Waals surface area contributed by atoms with E-state index in [1.54, 1.807) is 18.0 Å². The number of anilines is 1. The molecule has 1 heterocycles. The average Bonchev–Trinajstić information content (AvgIpc) is 2.80. The van der Waals surface area contributed by atoms with Crippen LogP contribution in [0.5, 0.6) is 0 Å². The highest BCUT2D eigenvalue weighted by Crippen LogP contribution is 2.24. The molecule has 1 aromatic heterocycles. The fourth-order valence-electron chi connectivity index (χ4n) is 1.64. The summed E-state index contributed by atoms with van der Waals surface area (Å²) in [5.41, 5.74) is 1.05. The topological polar surface area (TPSA) is 81.2 Å². The van der Waals surface area contributed by atoms with E-state index in [0.717, 1.165) is 10.6 Å². The van der Waals surface area contributed by atoms with Gasteiger partial charge in [0.2, 0.25) is 5.76 Å². The average molecular weight is 291 g/mol. The van der Waals surface area contributed by atoms with Crippen LogP contribution in [0.1, 0.15) is 11.5 Å². The lowest BCUT2D eigenvalue weighted by Gasteiger charge is -2.02. The largest absolute Gasteiger partial charge is 0.362 e. The predicted molar refractivity (Wildman–Crippen MR) is 78.8 cm³/mol. The number of aromatic nitrogens is 1. The molecular weight excluding hydrogens is 278 g/mol. The van der Waals surface area contributed by atoms with E-state index in [4.69, 9.17) is 4.52 Å². The lowest BCUT2D eigenvalue weighted by atomic mass is 10.3. The monoisotopic (exact) mass is 291 g/mol. The van der Waals surface area contributed by atoms with Gasteiger partial charge < -0.3 is 9.84 Å². The van der Waals surface area contributed by atoms with Crippen molar-refractivity contribution in [3.63, 3.8) is 0 Å². The van der Waals surface area contributed by atoms with E-state index in [9.17, 15) is 10.1 Å². The molecule has 0 saturated carbocycles. The molecule has 2 rings (SSSR count). The van der Waals surface area contributed by atoms with Gasteiger partial charge in [0.15, 0.2) is 5.69 Å². The standard InChI is InChI=1S/C13H13N3O3S/c1-9-13(16(17)18)12(19-15-9)6-7-14-10-4-3-5-11(8-10)20-2/h3-8,14H,1-2H3. The summed E-state index contributed by atoms with van der Waals surface area (Å²) in [5.74, 6) is 0.126. The summed E-state index contributed by atoms with van der Waals surface area (Å²) in [6.45, 7) is 1.54. The van der Waals surface area contributed by atoms with Gasteiger partial charge in [0.1, 0.15) is 0 Å². The molecule has 0 aliphatic carbocycles. The molecule has 104 valence electrons. The smallest absolute Gasteiger partial charge is 0.338 e. The Morgan fingerprint density at radius 1 is 1.50 bits per heavy atom.